The van der Waals surface area contributed by atoms with Crippen molar-refractivity contribution in [3.63, 3.8) is 0 Å². The summed E-state index contributed by atoms with van der Waals surface area (Å²) >= 11 is 0. The standard InChI is InChI=1S/CH4NO2S/c1-4-5(2)3/h2H,1H3/q-1. The van der Waals surface area contributed by atoms with Crippen molar-refractivity contribution in [2.24, 2.45) is 0 Å². The van der Waals surface area contributed by atoms with Gasteiger partial charge in [0, 0.05) is 7.11 Å². The van der Waals surface area contributed by atoms with Crippen LogP contribution in [0.3, 0.4) is 0 Å². The van der Waals surface area contributed by atoms with Crippen molar-refractivity contribution in [2.45, 2.75) is 0 Å². The zero-order chi connectivity index (χ0) is 4.28. The van der Waals surface area contributed by atoms with Gasteiger partial charge in [-0.1, -0.05) is 10.9 Å². The summed E-state index contributed by atoms with van der Waals surface area (Å²) in [6, 6.07) is 0. The average molecular weight is 94.1 g/mol. The molecule has 0 fully saturated rings. The lowest BCUT2D eigenvalue weighted by molar-refractivity contribution is 0.435. The van der Waals surface area contributed by atoms with Crippen molar-refractivity contribution < 1.29 is 8.39 Å². The molecular weight excluding hydrogens is 90.1 g/mol. The Bertz CT molecular complexity index is 67.7. The van der Waals surface area contributed by atoms with Crippen LogP contribution in [0.1, 0.15) is 0 Å². The van der Waals surface area contributed by atoms with Crippen LogP contribution in [-0.4, -0.2) is 7.11 Å². The van der Waals surface area contributed by atoms with E-state index in [1.165, 1.54) is 7.11 Å². The Morgan fingerprint density at radius 2 is 2.20 bits per heavy atom. The van der Waals surface area contributed by atoms with E-state index in [4.69, 9.17) is 4.78 Å². The topological polar surface area (TPSA) is 50.1 Å². The minimum absolute atomic E-state index is 1.21. The third-order valence-electron chi connectivity index (χ3n) is 0.151. The van der Waals surface area contributed by atoms with E-state index >= 15 is 0 Å². The van der Waals surface area contributed by atoms with E-state index in [1.807, 2.05) is 0 Å². The van der Waals surface area contributed by atoms with Gasteiger partial charge in [0.15, 0.2) is 0 Å². The first-order valence-corrected chi connectivity index (χ1v) is 2.02. The van der Waals surface area contributed by atoms with Crippen LogP contribution in [0.2, 0.25) is 0 Å². The molecule has 0 aliphatic rings. The molecule has 0 rings (SSSR count). The van der Waals surface area contributed by atoms with E-state index in [2.05, 4.69) is 4.18 Å². The van der Waals surface area contributed by atoms with E-state index in [9.17, 15) is 4.21 Å². The zero-order valence-corrected chi connectivity index (χ0v) is 3.54. The van der Waals surface area contributed by atoms with Gasteiger partial charge in [0.05, 0.1) is 0 Å². The van der Waals surface area contributed by atoms with Crippen molar-refractivity contribution in [1.29, 1.82) is 4.78 Å². The van der Waals surface area contributed by atoms with Gasteiger partial charge in [-0.15, -0.1) is 0 Å². The molecule has 0 bridgehead atoms. The van der Waals surface area contributed by atoms with Crippen molar-refractivity contribution in [3.8, 4) is 0 Å². The highest BCUT2D eigenvalue weighted by Gasteiger charge is 1.39. The lowest BCUT2D eigenvalue weighted by Crippen LogP contribution is -1.68. The third-order valence-corrected chi connectivity index (χ3v) is 0.454. The van der Waals surface area contributed by atoms with Crippen molar-refractivity contribution >= 4 is 10.9 Å². The van der Waals surface area contributed by atoms with Crippen LogP contribution in [0.4, 0.5) is 0 Å². The molecule has 32 valence electrons. The molecule has 1 N–H and O–H groups in total. The van der Waals surface area contributed by atoms with E-state index in [-0.39, 0.29) is 0 Å². The molecule has 0 aromatic heterocycles. The van der Waals surface area contributed by atoms with Gasteiger partial charge in [-0.25, -0.2) is 0 Å². The summed E-state index contributed by atoms with van der Waals surface area (Å²) in [4.78, 5) is 0. The molecule has 0 aromatic carbocycles. The van der Waals surface area contributed by atoms with Crippen LogP contribution in [0.5, 0.6) is 0 Å². The summed E-state index contributed by atoms with van der Waals surface area (Å²) in [5.74, 6) is 0. The molecule has 0 unspecified atom stereocenters. The van der Waals surface area contributed by atoms with Gasteiger partial charge < -0.3 is 13.2 Å². The zero-order valence-electron chi connectivity index (χ0n) is 2.72. The molecule has 0 heterocycles. The Kier molecular flexibility index (Phi) is 2.13. The van der Waals surface area contributed by atoms with Gasteiger partial charge >= 0.3 is 0 Å². The lowest BCUT2D eigenvalue weighted by Gasteiger charge is -1.87. The van der Waals surface area contributed by atoms with E-state index in [0.717, 1.165) is 0 Å². The van der Waals surface area contributed by atoms with Crippen LogP contribution >= 0.6 is 0 Å². The summed E-state index contributed by atoms with van der Waals surface area (Å²) in [5, 5.41) is 0. The van der Waals surface area contributed by atoms with Crippen molar-refractivity contribution in [1.82, 2.24) is 0 Å². The highest BCUT2D eigenvalue weighted by atomic mass is 32.2. The molecule has 0 radical (unpaired) electrons. The Hall–Kier alpha value is -0.0900. The summed E-state index contributed by atoms with van der Waals surface area (Å²) in [5.41, 5.74) is 0. The van der Waals surface area contributed by atoms with E-state index < -0.39 is 10.9 Å². The van der Waals surface area contributed by atoms with Gasteiger partial charge in [0.2, 0.25) is 0 Å². The fourth-order valence-corrected chi connectivity index (χ4v) is 0. The van der Waals surface area contributed by atoms with Crippen LogP contribution in [0, 0.1) is 4.78 Å². The first kappa shape index (κ1) is 4.91. The highest BCUT2D eigenvalue weighted by Crippen LogP contribution is 1.57. The van der Waals surface area contributed by atoms with Gasteiger partial charge in [-0.3, -0.25) is 0 Å². The Balaban J connectivity index is 3.23. The molecule has 3 nitrogen and oxygen atoms in total. The quantitative estimate of drug-likeness (QED) is 0.474. The molecule has 5 heavy (non-hydrogen) atoms. The fourth-order valence-electron chi connectivity index (χ4n) is 0. The molecule has 0 atom stereocenters. The van der Waals surface area contributed by atoms with E-state index in [1.54, 1.807) is 0 Å². The maximum atomic E-state index is 9.37. The maximum Gasteiger partial charge on any atom is 0.0146 e. The first-order valence-electron chi connectivity index (χ1n) is 0.946. The van der Waals surface area contributed by atoms with Crippen molar-refractivity contribution in [2.75, 3.05) is 7.11 Å². The van der Waals surface area contributed by atoms with Gasteiger partial charge in [0.1, 0.15) is 0 Å². The molecule has 0 amide bonds. The molecule has 0 saturated heterocycles. The monoisotopic (exact) mass is 94.0 g/mol. The largest absolute Gasteiger partial charge is 0.442 e. The average Bonchev–Trinajstić information content (AvgIpc) is 1.38. The Morgan fingerprint density at radius 3 is 2.20 bits per heavy atom. The fraction of sp³-hybridized carbons (Fsp3) is 1.00. The third kappa shape index (κ3) is 3.91. The molecular formula is CH4NO2S-. The van der Waals surface area contributed by atoms with Crippen LogP contribution in [0.15, 0.2) is 0 Å². The second-order valence-corrected chi connectivity index (χ2v) is 1.20. The molecule has 0 saturated carbocycles. The minimum Gasteiger partial charge on any atom is -0.442 e. The van der Waals surface area contributed by atoms with Crippen molar-refractivity contribution in [3.05, 3.63) is 0 Å². The second-order valence-electron chi connectivity index (χ2n) is 0.401. The highest BCUT2D eigenvalue weighted by molar-refractivity contribution is 7.68. The minimum atomic E-state index is -1.82. The Morgan fingerprint density at radius 1 is 2.00 bits per heavy atom. The predicted molar refractivity (Wildman–Crippen MR) is 17.8 cm³/mol. The number of hydrogen-bond donors (Lipinski definition) is 1. The molecule has 0 aromatic rings. The molecule has 4 heteroatoms. The number of rotatable bonds is 1. The molecule has 0 spiro atoms. The smallest absolute Gasteiger partial charge is 0.0146 e. The summed E-state index contributed by atoms with van der Waals surface area (Å²) in [6.45, 7) is 0. The van der Waals surface area contributed by atoms with Gasteiger partial charge in [0.25, 0.3) is 0 Å². The number of hydrogen-bond acceptors (Lipinski definition) is 4. The molecule has 0 aliphatic carbocycles. The SMILES string of the molecule is CO[S-](=N)=O. The van der Waals surface area contributed by atoms with Gasteiger partial charge in [-0.2, -0.15) is 0 Å². The normalized spacial score (nSPS) is 9.20. The Labute approximate surface area is 32.2 Å². The summed E-state index contributed by atoms with van der Waals surface area (Å²) < 4.78 is 19.3. The summed E-state index contributed by atoms with van der Waals surface area (Å²) in [6.07, 6.45) is 0. The van der Waals surface area contributed by atoms with Crippen LogP contribution in [-0.2, 0) is 19.3 Å². The first-order chi connectivity index (χ1) is 2.27. The van der Waals surface area contributed by atoms with Crippen LogP contribution < -0.4 is 0 Å². The number of nitrogens with one attached hydrogen (secondary N) is 1. The summed E-state index contributed by atoms with van der Waals surface area (Å²) in [7, 11) is -0.611. The van der Waals surface area contributed by atoms with Crippen LogP contribution in [0.25, 0.3) is 0 Å². The predicted octanol–water partition coefficient (Wildman–Crippen LogP) is 0.274. The van der Waals surface area contributed by atoms with Gasteiger partial charge in [-0.05, 0) is 0 Å². The lowest BCUT2D eigenvalue weighted by atomic mass is 11.8. The second kappa shape index (κ2) is 2.17. The molecule has 0 aliphatic heterocycles. The van der Waals surface area contributed by atoms with E-state index in [0.29, 0.717) is 0 Å². The maximum absolute atomic E-state index is 9.37.